The number of nitrogens with one attached hydrogen (secondary N) is 1. The Morgan fingerprint density at radius 3 is 2.62 bits per heavy atom. The molecule has 3 atom stereocenters. The highest BCUT2D eigenvalue weighted by Crippen LogP contribution is 2.44. The summed E-state index contributed by atoms with van der Waals surface area (Å²) in [6, 6.07) is 5.34. The average Bonchev–Trinajstić information content (AvgIpc) is 3.36. The van der Waals surface area contributed by atoms with Crippen LogP contribution in [0.5, 0.6) is 5.75 Å². The van der Waals surface area contributed by atoms with E-state index in [4.69, 9.17) is 4.74 Å². The second-order valence-electron chi connectivity index (χ2n) is 8.79. The maximum absolute atomic E-state index is 13.0. The summed E-state index contributed by atoms with van der Waals surface area (Å²) < 4.78 is 33.0. The molecule has 3 fully saturated rings. The van der Waals surface area contributed by atoms with Crippen LogP contribution in [0.3, 0.4) is 0 Å². The number of carbonyl (C=O) groups is 1. The molecule has 2 aliphatic carbocycles. The van der Waals surface area contributed by atoms with Gasteiger partial charge in [-0.05, 0) is 74.1 Å². The first-order chi connectivity index (χ1) is 14.0. The van der Waals surface area contributed by atoms with Gasteiger partial charge in [-0.15, -0.1) is 0 Å². The minimum atomic E-state index is -3.50. The molecular weight excluding hydrogens is 388 g/mol. The Morgan fingerprint density at radius 2 is 1.97 bits per heavy atom. The fraction of sp³-hybridized carbons (Fsp3) is 0.682. The highest BCUT2D eigenvalue weighted by atomic mass is 32.2. The van der Waals surface area contributed by atoms with E-state index in [1.807, 2.05) is 0 Å². The van der Waals surface area contributed by atoms with Crippen molar-refractivity contribution in [3.05, 3.63) is 23.8 Å². The summed E-state index contributed by atoms with van der Waals surface area (Å²) >= 11 is 0. The van der Waals surface area contributed by atoms with Gasteiger partial charge in [-0.1, -0.05) is 12.8 Å². The summed E-state index contributed by atoms with van der Waals surface area (Å²) in [4.78, 5) is 12.8. The standard InChI is InChI=1S/C22H32N2O4S/c1-28-21-9-8-19(29(26,27)24-11-3-2-4-12-24)15-18(21)7-10-22(25)23-20-14-16-5-6-17(20)13-16/h8-9,15-17,20H,2-7,10-14H2,1H3,(H,23,25)/t16-,17+,20+/m0/s1. The lowest BCUT2D eigenvalue weighted by Gasteiger charge is -2.26. The number of methoxy groups -OCH3 is 1. The molecule has 160 valence electrons. The van der Waals surface area contributed by atoms with E-state index in [2.05, 4.69) is 5.32 Å². The zero-order valence-corrected chi connectivity index (χ0v) is 18.0. The van der Waals surface area contributed by atoms with E-state index in [0.717, 1.165) is 37.2 Å². The predicted octanol–water partition coefficient (Wildman–Crippen LogP) is 3.11. The van der Waals surface area contributed by atoms with Gasteiger partial charge in [0.05, 0.1) is 12.0 Å². The van der Waals surface area contributed by atoms with E-state index in [0.29, 0.717) is 48.5 Å². The van der Waals surface area contributed by atoms with Gasteiger partial charge in [-0.25, -0.2) is 8.42 Å². The van der Waals surface area contributed by atoms with Crippen LogP contribution in [-0.2, 0) is 21.2 Å². The van der Waals surface area contributed by atoms with Crippen molar-refractivity contribution in [1.82, 2.24) is 9.62 Å². The molecule has 0 spiro atoms. The van der Waals surface area contributed by atoms with E-state index in [-0.39, 0.29) is 5.91 Å². The van der Waals surface area contributed by atoms with Crippen molar-refractivity contribution in [3.8, 4) is 5.75 Å². The van der Waals surface area contributed by atoms with E-state index < -0.39 is 10.0 Å². The third-order valence-electron chi connectivity index (χ3n) is 6.91. The van der Waals surface area contributed by atoms with Gasteiger partial charge in [0, 0.05) is 25.6 Å². The highest BCUT2D eigenvalue weighted by Gasteiger charge is 2.40. The van der Waals surface area contributed by atoms with Crippen LogP contribution in [0.1, 0.15) is 56.9 Å². The van der Waals surface area contributed by atoms with Crippen LogP contribution < -0.4 is 10.1 Å². The Morgan fingerprint density at radius 1 is 1.17 bits per heavy atom. The van der Waals surface area contributed by atoms with Crippen molar-refractivity contribution in [3.63, 3.8) is 0 Å². The van der Waals surface area contributed by atoms with Gasteiger partial charge in [0.15, 0.2) is 0 Å². The zero-order chi connectivity index (χ0) is 20.4. The number of benzene rings is 1. The zero-order valence-electron chi connectivity index (χ0n) is 17.2. The van der Waals surface area contributed by atoms with Gasteiger partial charge in [0.2, 0.25) is 15.9 Å². The van der Waals surface area contributed by atoms with Crippen molar-refractivity contribution in [2.75, 3.05) is 20.2 Å². The number of piperidine rings is 1. The topological polar surface area (TPSA) is 75.7 Å². The first-order valence-corrected chi connectivity index (χ1v) is 12.4. The lowest BCUT2D eigenvalue weighted by molar-refractivity contribution is -0.122. The fourth-order valence-corrected chi connectivity index (χ4v) is 6.88. The first kappa shape index (κ1) is 20.7. The van der Waals surface area contributed by atoms with E-state index >= 15 is 0 Å². The van der Waals surface area contributed by atoms with Gasteiger partial charge in [-0.3, -0.25) is 4.79 Å². The molecule has 4 rings (SSSR count). The van der Waals surface area contributed by atoms with Crippen molar-refractivity contribution in [2.45, 2.75) is 68.7 Å². The number of nitrogens with zero attached hydrogens (tertiary/aromatic N) is 1. The highest BCUT2D eigenvalue weighted by molar-refractivity contribution is 7.89. The molecule has 0 unspecified atom stereocenters. The third-order valence-corrected chi connectivity index (χ3v) is 8.81. The van der Waals surface area contributed by atoms with Crippen LogP contribution in [0.15, 0.2) is 23.1 Å². The molecule has 1 aromatic rings. The molecular formula is C22H32N2O4S. The number of carbonyl (C=O) groups excluding carboxylic acids is 1. The van der Waals surface area contributed by atoms with Crippen molar-refractivity contribution < 1.29 is 17.9 Å². The molecule has 6 nitrogen and oxygen atoms in total. The number of ether oxygens (including phenoxy) is 1. The number of aryl methyl sites for hydroxylation is 1. The SMILES string of the molecule is COc1ccc(S(=O)(=O)N2CCCCC2)cc1CCC(=O)N[C@@H]1C[C@H]2CC[C@@H]1C2. The van der Waals surface area contributed by atoms with Crippen LogP contribution in [-0.4, -0.2) is 44.9 Å². The number of sulfonamides is 1. The lowest BCUT2D eigenvalue weighted by atomic mass is 9.95. The van der Waals surface area contributed by atoms with Gasteiger partial charge in [0.1, 0.15) is 5.75 Å². The molecule has 1 heterocycles. The minimum Gasteiger partial charge on any atom is -0.496 e. The summed E-state index contributed by atoms with van der Waals surface area (Å²) in [6.07, 6.45) is 8.63. The largest absolute Gasteiger partial charge is 0.496 e. The second kappa shape index (κ2) is 8.64. The molecule has 0 aromatic heterocycles. The smallest absolute Gasteiger partial charge is 0.243 e. The summed E-state index contributed by atoms with van der Waals surface area (Å²) in [5.74, 6) is 2.13. The van der Waals surface area contributed by atoms with Crippen molar-refractivity contribution in [2.24, 2.45) is 11.8 Å². The number of fused-ring (bicyclic) bond motifs is 2. The molecule has 1 aliphatic heterocycles. The molecule has 2 bridgehead atoms. The average molecular weight is 421 g/mol. The quantitative estimate of drug-likeness (QED) is 0.735. The molecule has 1 aromatic carbocycles. The Balaban J connectivity index is 1.42. The number of rotatable bonds is 7. The molecule has 1 amide bonds. The van der Waals surface area contributed by atoms with E-state index in [1.165, 1.54) is 19.3 Å². The Kier molecular flexibility index (Phi) is 6.16. The summed E-state index contributed by atoms with van der Waals surface area (Å²) in [5.41, 5.74) is 0.772. The molecule has 0 radical (unpaired) electrons. The molecule has 1 saturated heterocycles. The predicted molar refractivity (Wildman–Crippen MR) is 111 cm³/mol. The van der Waals surface area contributed by atoms with Gasteiger partial charge in [-0.2, -0.15) is 4.31 Å². The molecule has 1 N–H and O–H groups in total. The third kappa shape index (κ3) is 4.45. The van der Waals surface area contributed by atoms with Crippen LogP contribution in [0, 0.1) is 11.8 Å². The number of amides is 1. The van der Waals surface area contributed by atoms with Crippen molar-refractivity contribution in [1.29, 1.82) is 0 Å². The Bertz CT molecular complexity index is 848. The summed E-state index contributed by atoms with van der Waals surface area (Å²) in [5, 5.41) is 3.21. The maximum atomic E-state index is 13.0. The van der Waals surface area contributed by atoms with Gasteiger partial charge < -0.3 is 10.1 Å². The Hall–Kier alpha value is -1.60. The first-order valence-electron chi connectivity index (χ1n) is 10.9. The molecule has 2 saturated carbocycles. The second-order valence-corrected chi connectivity index (χ2v) is 10.7. The summed E-state index contributed by atoms with van der Waals surface area (Å²) in [7, 11) is -1.92. The normalized spacial score (nSPS) is 27.1. The molecule has 7 heteroatoms. The Labute approximate surface area is 174 Å². The van der Waals surface area contributed by atoms with Crippen LogP contribution in [0.4, 0.5) is 0 Å². The van der Waals surface area contributed by atoms with Crippen LogP contribution in [0.2, 0.25) is 0 Å². The fourth-order valence-electron chi connectivity index (χ4n) is 5.31. The van der Waals surface area contributed by atoms with Crippen molar-refractivity contribution >= 4 is 15.9 Å². The number of hydrogen-bond donors (Lipinski definition) is 1. The number of hydrogen-bond acceptors (Lipinski definition) is 4. The van der Waals surface area contributed by atoms with Gasteiger partial charge in [0.25, 0.3) is 0 Å². The molecule has 29 heavy (non-hydrogen) atoms. The van der Waals surface area contributed by atoms with E-state index in [1.54, 1.807) is 29.6 Å². The minimum absolute atomic E-state index is 0.0499. The van der Waals surface area contributed by atoms with Gasteiger partial charge >= 0.3 is 0 Å². The lowest BCUT2D eigenvalue weighted by Crippen LogP contribution is -2.38. The molecule has 3 aliphatic rings. The van der Waals surface area contributed by atoms with E-state index in [9.17, 15) is 13.2 Å². The van der Waals surface area contributed by atoms with Crippen LogP contribution in [0.25, 0.3) is 0 Å². The summed E-state index contributed by atoms with van der Waals surface area (Å²) in [6.45, 7) is 1.16. The van der Waals surface area contributed by atoms with Crippen LogP contribution >= 0.6 is 0 Å². The maximum Gasteiger partial charge on any atom is 0.243 e. The monoisotopic (exact) mass is 420 g/mol.